The van der Waals surface area contributed by atoms with Crippen LogP contribution in [-0.2, 0) is 14.3 Å². The number of esters is 1. The molecule has 5 nitrogen and oxygen atoms in total. The molecule has 0 heterocycles. The first-order valence-corrected chi connectivity index (χ1v) is 7.70. The van der Waals surface area contributed by atoms with Gasteiger partial charge in [-0.3, -0.25) is 4.79 Å². The third kappa shape index (κ3) is 5.33. The van der Waals surface area contributed by atoms with Gasteiger partial charge >= 0.3 is 5.97 Å². The number of nitrogens with one attached hydrogen (secondary N) is 1. The predicted molar refractivity (Wildman–Crippen MR) is 95.5 cm³/mol. The van der Waals surface area contributed by atoms with Crippen molar-refractivity contribution in [2.45, 2.75) is 13.8 Å². The molecule has 1 N–H and O–H groups in total. The third-order valence-corrected chi connectivity index (χ3v) is 3.48. The van der Waals surface area contributed by atoms with Crippen LogP contribution in [0.2, 0.25) is 0 Å². The number of para-hydroxylation sites is 1. The van der Waals surface area contributed by atoms with Crippen molar-refractivity contribution in [1.29, 1.82) is 5.26 Å². The number of rotatable bonds is 5. The van der Waals surface area contributed by atoms with Crippen molar-refractivity contribution >= 4 is 23.6 Å². The van der Waals surface area contributed by atoms with Crippen LogP contribution in [0.15, 0.2) is 54.1 Å². The summed E-state index contributed by atoms with van der Waals surface area (Å²) in [6, 6.07) is 16.4. The molecule has 2 rings (SSSR count). The van der Waals surface area contributed by atoms with Crippen molar-refractivity contribution in [2.75, 3.05) is 11.9 Å². The van der Waals surface area contributed by atoms with Gasteiger partial charge in [0.15, 0.2) is 6.61 Å². The number of hydrogen-bond acceptors (Lipinski definition) is 4. The maximum absolute atomic E-state index is 12.0. The average molecular weight is 334 g/mol. The monoisotopic (exact) mass is 334 g/mol. The van der Waals surface area contributed by atoms with Gasteiger partial charge < -0.3 is 10.1 Å². The van der Waals surface area contributed by atoms with Crippen LogP contribution in [0.25, 0.3) is 6.08 Å². The van der Waals surface area contributed by atoms with Crippen LogP contribution >= 0.6 is 0 Å². The highest BCUT2D eigenvalue weighted by Crippen LogP contribution is 2.13. The minimum Gasteiger partial charge on any atom is -0.451 e. The second-order valence-electron chi connectivity index (χ2n) is 5.52. The molecule has 0 radical (unpaired) electrons. The molecule has 0 atom stereocenters. The quantitative estimate of drug-likeness (QED) is 0.516. The molecule has 0 fully saturated rings. The van der Waals surface area contributed by atoms with Gasteiger partial charge in [-0.2, -0.15) is 5.26 Å². The summed E-state index contributed by atoms with van der Waals surface area (Å²) < 4.78 is 4.92. The number of ether oxygens (including phenoxy) is 1. The number of hydrogen-bond donors (Lipinski definition) is 1. The maximum Gasteiger partial charge on any atom is 0.349 e. The van der Waals surface area contributed by atoms with E-state index in [-0.39, 0.29) is 5.57 Å². The van der Waals surface area contributed by atoms with Gasteiger partial charge in [-0.15, -0.1) is 0 Å². The highest BCUT2D eigenvalue weighted by atomic mass is 16.5. The molecule has 2 aromatic carbocycles. The SMILES string of the molecule is Cc1ccc(/C=C(\C#N)C(=O)OCC(=O)Nc2ccccc2C)cc1. The van der Waals surface area contributed by atoms with Crippen molar-refractivity contribution in [1.82, 2.24) is 0 Å². The second kappa shape index (κ2) is 8.46. The number of benzene rings is 2. The Hall–Kier alpha value is -3.39. The summed E-state index contributed by atoms with van der Waals surface area (Å²) in [5, 5.41) is 11.8. The zero-order valence-corrected chi connectivity index (χ0v) is 14.1. The van der Waals surface area contributed by atoms with Gasteiger partial charge in [0.25, 0.3) is 5.91 Å². The van der Waals surface area contributed by atoms with Crippen LogP contribution in [0, 0.1) is 25.2 Å². The van der Waals surface area contributed by atoms with Crippen molar-refractivity contribution < 1.29 is 14.3 Å². The van der Waals surface area contributed by atoms with Gasteiger partial charge in [-0.25, -0.2) is 4.79 Å². The minimum absolute atomic E-state index is 0.160. The summed E-state index contributed by atoms with van der Waals surface area (Å²) in [4.78, 5) is 23.9. The molecule has 0 saturated heterocycles. The van der Waals surface area contributed by atoms with Crippen LogP contribution in [0.5, 0.6) is 0 Å². The van der Waals surface area contributed by atoms with Crippen LogP contribution in [0.3, 0.4) is 0 Å². The smallest absolute Gasteiger partial charge is 0.349 e. The normalized spacial score (nSPS) is 10.7. The highest BCUT2D eigenvalue weighted by molar-refractivity contribution is 6.00. The number of carbonyl (C=O) groups excluding carboxylic acids is 2. The van der Waals surface area contributed by atoms with Gasteiger partial charge in [-0.1, -0.05) is 48.0 Å². The Labute approximate surface area is 146 Å². The number of anilines is 1. The molecule has 0 aliphatic heterocycles. The molecule has 0 spiro atoms. The molecule has 126 valence electrons. The molecule has 1 amide bonds. The maximum atomic E-state index is 12.0. The lowest BCUT2D eigenvalue weighted by molar-refractivity contribution is -0.142. The Morgan fingerprint density at radius 1 is 1.12 bits per heavy atom. The second-order valence-corrected chi connectivity index (χ2v) is 5.52. The lowest BCUT2D eigenvalue weighted by Gasteiger charge is -2.08. The van der Waals surface area contributed by atoms with E-state index in [1.54, 1.807) is 30.3 Å². The number of amides is 1. The Bertz CT molecular complexity index is 846. The van der Waals surface area contributed by atoms with E-state index in [0.717, 1.165) is 11.1 Å². The molecule has 0 bridgehead atoms. The molecule has 2 aromatic rings. The first-order chi connectivity index (χ1) is 12.0. The van der Waals surface area contributed by atoms with Crippen molar-refractivity contribution in [2.24, 2.45) is 0 Å². The summed E-state index contributed by atoms with van der Waals surface area (Å²) in [5.41, 5.74) is 3.18. The summed E-state index contributed by atoms with van der Waals surface area (Å²) >= 11 is 0. The average Bonchev–Trinajstić information content (AvgIpc) is 2.61. The Kier molecular flexibility index (Phi) is 6.08. The summed E-state index contributed by atoms with van der Waals surface area (Å²) in [7, 11) is 0. The highest BCUT2D eigenvalue weighted by Gasteiger charge is 2.13. The third-order valence-electron chi connectivity index (χ3n) is 3.48. The fraction of sp³-hybridized carbons (Fsp3) is 0.150. The first kappa shape index (κ1) is 18.0. The Morgan fingerprint density at radius 2 is 1.80 bits per heavy atom. The largest absolute Gasteiger partial charge is 0.451 e. The minimum atomic E-state index is -0.831. The molecule has 0 aliphatic rings. The van der Waals surface area contributed by atoms with Gasteiger partial charge in [0.2, 0.25) is 0 Å². The van der Waals surface area contributed by atoms with E-state index in [4.69, 9.17) is 10.00 Å². The summed E-state index contributed by atoms with van der Waals surface area (Å²) in [6.45, 7) is 3.35. The number of nitrogens with zero attached hydrogens (tertiary/aromatic N) is 1. The van der Waals surface area contributed by atoms with Gasteiger partial charge in [0.1, 0.15) is 11.6 Å². The van der Waals surface area contributed by atoms with E-state index in [9.17, 15) is 9.59 Å². The zero-order valence-electron chi connectivity index (χ0n) is 14.1. The first-order valence-electron chi connectivity index (χ1n) is 7.70. The number of aryl methyl sites for hydroxylation is 2. The van der Waals surface area contributed by atoms with E-state index in [1.807, 2.05) is 38.1 Å². The summed E-state index contributed by atoms with van der Waals surface area (Å²) in [6.07, 6.45) is 1.43. The number of nitriles is 1. The van der Waals surface area contributed by atoms with Crippen molar-refractivity contribution in [3.63, 3.8) is 0 Å². The lowest BCUT2D eigenvalue weighted by atomic mass is 10.1. The van der Waals surface area contributed by atoms with E-state index < -0.39 is 18.5 Å². The number of carbonyl (C=O) groups is 2. The van der Waals surface area contributed by atoms with Crippen LogP contribution in [0.1, 0.15) is 16.7 Å². The standard InChI is InChI=1S/C20H18N2O3/c1-14-7-9-16(10-8-14)11-17(12-21)20(24)25-13-19(23)22-18-6-4-3-5-15(18)2/h3-11H,13H2,1-2H3,(H,22,23)/b17-11+. The van der Waals surface area contributed by atoms with Crippen LogP contribution in [0.4, 0.5) is 5.69 Å². The predicted octanol–water partition coefficient (Wildman–Crippen LogP) is 3.39. The Morgan fingerprint density at radius 3 is 2.44 bits per heavy atom. The van der Waals surface area contributed by atoms with Gasteiger partial charge in [0.05, 0.1) is 0 Å². The topological polar surface area (TPSA) is 79.2 Å². The molecule has 0 saturated carbocycles. The fourth-order valence-electron chi connectivity index (χ4n) is 2.07. The van der Waals surface area contributed by atoms with Gasteiger partial charge in [0, 0.05) is 5.69 Å². The molecule has 0 aromatic heterocycles. The molecular weight excluding hydrogens is 316 g/mol. The van der Waals surface area contributed by atoms with Crippen LogP contribution < -0.4 is 5.32 Å². The van der Waals surface area contributed by atoms with E-state index in [2.05, 4.69) is 5.32 Å². The van der Waals surface area contributed by atoms with Crippen molar-refractivity contribution in [3.05, 3.63) is 70.8 Å². The van der Waals surface area contributed by atoms with E-state index in [0.29, 0.717) is 11.3 Å². The lowest BCUT2D eigenvalue weighted by Crippen LogP contribution is -2.21. The van der Waals surface area contributed by atoms with E-state index in [1.165, 1.54) is 6.08 Å². The van der Waals surface area contributed by atoms with Crippen LogP contribution in [-0.4, -0.2) is 18.5 Å². The van der Waals surface area contributed by atoms with Gasteiger partial charge in [-0.05, 0) is 37.1 Å². The zero-order chi connectivity index (χ0) is 18.2. The molecular formula is C20H18N2O3. The molecule has 0 unspecified atom stereocenters. The Balaban J connectivity index is 1.96. The molecule has 25 heavy (non-hydrogen) atoms. The molecule has 0 aliphatic carbocycles. The van der Waals surface area contributed by atoms with Crippen molar-refractivity contribution in [3.8, 4) is 6.07 Å². The van der Waals surface area contributed by atoms with E-state index >= 15 is 0 Å². The summed E-state index contributed by atoms with van der Waals surface area (Å²) in [5.74, 6) is -1.29. The fourth-order valence-corrected chi connectivity index (χ4v) is 2.07. The molecule has 5 heteroatoms.